The highest BCUT2D eigenvalue weighted by Gasteiger charge is 2.45. The van der Waals surface area contributed by atoms with Gasteiger partial charge in [0.1, 0.15) is 0 Å². The molecule has 2 nitrogen and oxygen atoms in total. The molecule has 1 N–H and O–H groups in total. The van der Waals surface area contributed by atoms with Gasteiger partial charge in [0.15, 0.2) is 0 Å². The van der Waals surface area contributed by atoms with E-state index in [1.165, 1.54) is 51.0 Å². The van der Waals surface area contributed by atoms with E-state index in [4.69, 9.17) is 0 Å². The predicted molar refractivity (Wildman–Crippen MR) is 84.9 cm³/mol. The van der Waals surface area contributed by atoms with Crippen LogP contribution in [0.25, 0.3) is 0 Å². The molecule has 0 radical (unpaired) electrons. The first-order valence-electron chi connectivity index (χ1n) is 8.13. The van der Waals surface area contributed by atoms with Gasteiger partial charge < -0.3 is 10.2 Å². The van der Waals surface area contributed by atoms with Crippen LogP contribution in [-0.2, 0) is 6.42 Å². The second-order valence-electron chi connectivity index (χ2n) is 7.32. The molecule has 1 aromatic carbocycles. The van der Waals surface area contributed by atoms with E-state index in [9.17, 15) is 0 Å². The Kier molecular flexibility index (Phi) is 4.13. The van der Waals surface area contributed by atoms with Crippen molar-refractivity contribution in [3.63, 3.8) is 0 Å². The average Bonchev–Trinajstić information content (AvgIpc) is 2.87. The Morgan fingerprint density at radius 3 is 2.70 bits per heavy atom. The normalized spacial score (nSPS) is 28.7. The number of nitrogens with zero attached hydrogens (tertiary/aromatic N) is 1. The zero-order chi connectivity index (χ0) is 14.0. The fraction of sp³-hybridized carbons (Fsp3) is 0.667. The Labute approximate surface area is 123 Å². The topological polar surface area (TPSA) is 15.3 Å². The molecule has 2 unspecified atom stereocenters. The lowest BCUT2D eigenvalue weighted by Crippen LogP contribution is -2.34. The van der Waals surface area contributed by atoms with Crippen LogP contribution >= 0.6 is 0 Å². The third-order valence-electron chi connectivity index (χ3n) is 5.20. The van der Waals surface area contributed by atoms with Gasteiger partial charge in [0.2, 0.25) is 0 Å². The van der Waals surface area contributed by atoms with Gasteiger partial charge in [0, 0.05) is 19.1 Å². The number of nitrogens with one attached hydrogen (secondary N) is 1. The monoisotopic (exact) mass is 272 g/mol. The van der Waals surface area contributed by atoms with Gasteiger partial charge >= 0.3 is 0 Å². The molecule has 20 heavy (non-hydrogen) atoms. The minimum atomic E-state index is 0.610. The third kappa shape index (κ3) is 3.62. The molecule has 1 aliphatic heterocycles. The van der Waals surface area contributed by atoms with E-state index in [-0.39, 0.29) is 0 Å². The maximum absolute atomic E-state index is 3.79. The smallest absolute Gasteiger partial charge is 0.0207 e. The van der Waals surface area contributed by atoms with E-state index in [1.54, 1.807) is 0 Å². The standard InChI is InChI=1S/C18H28N2/c1-18(2)12-16(18)13-19-17-9-11-20(14-17)10-8-15-6-4-3-5-7-15/h3-7,16-17,19H,8-14H2,1-2H3. The summed E-state index contributed by atoms with van der Waals surface area (Å²) in [5, 5.41) is 3.79. The Bertz CT molecular complexity index is 426. The molecule has 1 heterocycles. The number of benzene rings is 1. The highest BCUT2D eigenvalue weighted by atomic mass is 15.2. The molecule has 110 valence electrons. The van der Waals surface area contributed by atoms with Gasteiger partial charge in [-0.25, -0.2) is 0 Å². The van der Waals surface area contributed by atoms with Crippen LogP contribution in [0.2, 0.25) is 0 Å². The maximum atomic E-state index is 3.79. The van der Waals surface area contributed by atoms with Crippen molar-refractivity contribution in [2.24, 2.45) is 11.3 Å². The fourth-order valence-corrected chi connectivity index (χ4v) is 3.37. The number of rotatable bonds is 6. The highest BCUT2D eigenvalue weighted by molar-refractivity contribution is 5.14. The highest BCUT2D eigenvalue weighted by Crippen LogP contribution is 2.51. The van der Waals surface area contributed by atoms with E-state index >= 15 is 0 Å². The van der Waals surface area contributed by atoms with Gasteiger partial charge in [-0.3, -0.25) is 0 Å². The number of hydrogen-bond donors (Lipinski definition) is 1. The Hall–Kier alpha value is -0.860. The lowest BCUT2D eigenvalue weighted by Gasteiger charge is -2.17. The van der Waals surface area contributed by atoms with Crippen LogP contribution in [0.3, 0.4) is 0 Å². The van der Waals surface area contributed by atoms with Crippen molar-refractivity contribution in [2.75, 3.05) is 26.2 Å². The molecule has 0 aromatic heterocycles. The summed E-state index contributed by atoms with van der Waals surface area (Å²) in [5.74, 6) is 0.917. The lowest BCUT2D eigenvalue weighted by molar-refractivity contribution is 0.330. The van der Waals surface area contributed by atoms with Crippen LogP contribution in [0.5, 0.6) is 0 Å². The van der Waals surface area contributed by atoms with Gasteiger partial charge in [-0.1, -0.05) is 44.2 Å². The molecule has 1 aliphatic carbocycles. The fourth-order valence-electron chi connectivity index (χ4n) is 3.37. The van der Waals surface area contributed by atoms with Crippen LogP contribution in [-0.4, -0.2) is 37.1 Å². The van der Waals surface area contributed by atoms with Crippen molar-refractivity contribution in [2.45, 2.75) is 39.2 Å². The van der Waals surface area contributed by atoms with Crippen molar-refractivity contribution < 1.29 is 0 Å². The van der Waals surface area contributed by atoms with Crippen molar-refractivity contribution in [3.8, 4) is 0 Å². The molecule has 2 aliphatic rings. The minimum absolute atomic E-state index is 0.610. The lowest BCUT2D eigenvalue weighted by atomic mass is 10.1. The molecule has 1 saturated heterocycles. The molecule has 2 heteroatoms. The molecule has 0 bridgehead atoms. The van der Waals surface area contributed by atoms with E-state index in [0.717, 1.165) is 12.0 Å². The predicted octanol–water partition coefficient (Wildman–Crippen LogP) is 2.94. The quantitative estimate of drug-likeness (QED) is 0.856. The first kappa shape index (κ1) is 14.1. The second kappa shape index (κ2) is 5.87. The van der Waals surface area contributed by atoms with E-state index in [1.807, 2.05) is 0 Å². The first-order chi connectivity index (χ1) is 9.63. The summed E-state index contributed by atoms with van der Waals surface area (Å²) in [7, 11) is 0. The average molecular weight is 272 g/mol. The summed E-state index contributed by atoms with van der Waals surface area (Å²) < 4.78 is 0. The summed E-state index contributed by atoms with van der Waals surface area (Å²) in [4.78, 5) is 2.61. The Balaban J connectivity index is 1.35. The molecule has 0 spiro atoms. The first-order valence-corrected chi connectivity index (χ1v) is 8.13. The van der Waals surface area contributed by atoms with Crippen molar-refractivity contribution >= 4 is 0 Å². The van der Waals surface area contributed by atoms with Gasteiger partial charge in [0.25, 0.3) is 0 Å². The molecule has 3 rings (SSSR count). The van der Waals surface area contributed by atoms with Crippen LogP contribution in [0, 0.1) is 11.3 Å². The Morgan fingerprint density at radius 2 is 2.00 bits per heavy atom. The molecule has 0 amide bonds. The largest absolute Gasteiger partial charge is 0.312 e. The number of likely N-dealkylation sites (tertiary alicyclic amines) is 1. The molecule has 2 atom stereocenters. The van der Waals surface area contributed by atoms with Crippen LogP contribution < -0.4 is 5.32 Å². The second-order valence-corrected chi connectivity index (χ2v) is 7.32. The van der Waals surface area contributed by atoms with Gasteiger partial charge in [-0.05, 0) is 49.2 Å². The third-order valence-corrected chi connectivity index (χ3v) is 5.20. The SMILES string of the molecule is CC1(C)CC1CNC1CCN(CCc2ccccc2)C1. The molecule has 1 aromatic rings. The van der Waals surface area contributed by atoms with Crippen LogP contribution in [0.15, 0.2) is 30.3 Å². The van der Waals surface area contributed by atoms with Crippen LogP contribution in [0.4, 0.5) is 0 Å². The van der Waals surface area contributed by atoms with Crippen molar-refractivity contribution in [1.29, 1.82) is 0 Å². The van der Waals surface area contributed by atoms with E-state index < -0.39 is 0 Å². The van der Waals surface area contributed by atoms with Crippen LogP contribution in [0.1, 0.15) is 32.3 Å². The number of hydrogen-bond acceptors (Lipinski definition) is 2. The summed E-state index contributed by atoms with van der Waals surface area (Å²) in [6.07, 6.45) is 3.91. The zero-order valence-electron chi connectivity index (χ0n) is 12.9. The molecular weight excluding hydrogens is 244 g/mol. The van der Waals surface area contributed by atoms with E-state index in [0.29, 0.717) is 5.41 Å². The molecule has 2 fully saturated rings. The van der Waals surface area contributed by atoms with Crippen molar-refractivity contribution in [3.05, 3.63) is 35.9 Å². The summed E-state index contributed by atoms with van der Waals surface area (Å²) in [6, 6.07) is 11.6. The van der Waals surface area contributed by atoms with Crippen molar-refractivity contribution in [1.82, 2.24) is 10.2 Å². The molecule has 1 saturated carbocycles. The Morgan fingerprint density at radius 1 is 1.25 bits per heavy atom. The molecular formula is C18H28N2. The maximum Gasteiger partial charge on any atom is 0.0207 e. The van der Waals surface area contributed by atoms with Gasteiger partial charge in [0.05, 0.1) is 0 Å². The van der Waals surface area contributed by atoms with Gasteiger partial charge in [-0.2, -0.15) is 0 Å². The summed E-state index contributed by atoms with van der Waals surface area (Å²) >= 11 is 0. The summed E-state index contributed by atoms with van der Waals surface area (Å²) in [6.45, 7) is 9.71. The minimum Gasteiger partial charge on any atom is -0.312 e. The van der Waals surface area contributed by atoms with Gasteiger partial charge in [-0.15, -0.1) is 0 Å². The zero-order valence-corrected chi connectivity index (χ0v) is 12.9. The summed E-state index contributed by atoms with van der Waals surface area (Å²) in [5.41, 5.74) is 2.07. The van der Waals surface area contributed by atoms with E-state index in [2.05, 4.69) is 54.4 Å².